The summed E-state index contributed by atoms with van der Waals surface area (Å²) >= 11 is 0. The number of non-ortho nitro benzene ring substituents is 1. The quantitative estimate of drug-likeness (QED) is 0.369. The molecule has 102 valence electrons. The van der Waals surface area contributed by atoms with Crippen LogP contribution in [0.3, 0.4) is 0 Å². The third-order valence-corrected chi connectivity index (χ3v) is 2.35. The summed E-state index contributed by atoms with van der Waals surface area (Å²) in [5.74, 6) is 0.409. The SMILES string of the molecule is CC(=O)O/N=C\c1ccc(-c2ccc([N+](=O)[O-])cc2)o1. The maximum Gasteiger partial charge on any atom is 0.331 e. The van der Waals surface area contributed by atoms with E-state index >= 15 is 0 Å². The Balaban J connectivity index is 2.14. The van der Waals surface area contributed by atoms with E-state index in [4.69, 9.17) is 4.42 Å². The minimum Gasteiger partial charge on any atom is -0.455 e. The Morgan fingerprint density at radius 3 is 2.60 bits per heavy atom. The van der Waals surface area contributed by atoms with Gasteiger partial charge in [0.25, 0.3) is 5.69 Å². The van der Waals surface area contributed by atoms with E-state index in [9.17, 15) is 14.9 Å². The van der Waals surface area contributed by atoms with Gasteiger partial charge in [0.1, 0.15) is 17.7 Å². The van der Waals surface area contributed by atoms with Crippen LogP contribution in [0.15, 0.2) is 46.0 Å². The predicted octanol–water partition coefficient (Wildman–Crippen LogP) is 2.75. The highest BCUT2D eigenvalue weighted by atomic mass is 16.7. The van der Waals surface area contributed by atoms with Crippen molar-refractivity contribution in [3.63, 3.8) is 0 Å². The van der Waals surface area contributed by atoms with E-state index in [1.807, 2.05) is 0 Å². The van der Waals surface area contributed by atoms with Gasteiger partial charge in [-0.2, -0.15) is 0 Å². The van der Waals surface area contributed by atoms with E-state index in [0.717, 1.165) is 0 Å². The highest BCUT2D eigenvalue weighted by Crippen LogP contribution is 2.23. The van der Waals surface area contributed by atoms with Crippen LogP contribution in [0.5, 0.6) is 0 Å². The summed E-state index contributed by atoms with van der Waals surface area (Å²) in [6, 6.07) is 9.29. The second-order valence-electron chi connectivity index (χ2n) is 3.82. The second kappa shape index (κ2) is 5.79. The van der Waals surface area contributed by atoms with Gasteiger partial charge in [0.2, 0.25) is 0 Å². The first-order valence-electron chi connectivity index (χ1n) is 5.62. The molecule has 0 atom stereocenters. The molecule has 1 aromatic heterocycles. The molecule has 7 nitrogen and oxygen atoms in total. The van der Waals surface area contributed by atoms with Crippen molar-refractivity contribution in [3.8, 4) is 11.3 Å². The molecule has 0 spiro atoms. The first-order valence-corrected chi connectivity index (χ1v) is 5.62. The molecule has 2 rings (SSSR count). The van der Waals surface area contributed by atoms with Gasteiger partial charge in [0.05, 0.1) is 4.92 Å². The van der Waals surface area contributed by atoms with Crippen LogP contribution in [-0.2, 0) is 9.63 Å². The predicted molar refractivity (Wildman–Crippen MR) is 70.2 cm³/mol. The van der Waals surface area contributed by atoms with Gasteiger partial charge < -0.3 is 9.25 Å². The van der Waals surface area contributed by atoms with E-state index in [2.05, 4.69) is 9.99 Å². The molecular formula is C13H10N2O5. The number of benzene rings is 1. The largest absolute Gasteiger partial charge is 0.455 e. The lowest BCUT2D eigenvalue weighted by Gasteiger charge is -1.96. The molecule has 1 heterocycles. The van der Waals surface area contributed by atoms with Gasteiger partial charge in [-0.05, 0) is 24.3 Å². The van der Waals surface area contributed by atoms with Crippen LogP contribution < -0.4 is 0 Å². The number of furan rings is 1. The monoisotopic (exact) mass is 274 g/mol. The molecule has 0 aliphatic carbocycles. The van der Waals surface area contributed by atoms with Crippen molar-refractivity contribution < 1.29 is 19.0 Å². The van der Waals surface area contributed by atoms with E-state index < -0.39 is 10.9 Å². The summed E-state index contributed by atoms with van der Waals surface area (Å²) in [5.41, 5.74) is 0.708. The van der Waals surface area contributed by atoms with E-state index in [-0.39, 0.29) is 5.69 Å². The standard InChI is InChI=1S/C13H10N2O5/c1-9(16)20-14-8-12-6-7-13(19-12)10-2-4-11(5-3-10)15(17)18/h2-8H,1H3/b14-8-. The minimum atomic E-state index is -0.525. The molecule has 0 N–H and O–H groups in total. The topological polar surface area (TPSA) is 94.9 Å². The van der Waals surface area contributed by atoms with Gasteiger partial charge in [-0.3, -0.25) is 10.1 Å². The summed E-state index contributed by atoms with van der Waals surface area (Å²) in [6.45, 7) is 1.24. The number of hydrogen-bond donors (Lipinski definition) is 0. The third kappa shape index (κ3) is 3.29. The average Bonchev–Trinajstić information content (AvgIpc) is 2.87. The molecule has 1 aromatic carbocycles. The number of rotatable bonds is 4. The Morgan fingerprint density at radius 2 is 2.00 bits per heavy atom. The molecule has 0 aliphatic heterocycles. The molecule has 2 aromatic rings. The van der Waals surface area contributed by atoms with Crippen molar-refractivity contribution in [2.75, 3.05) is 0 Å². The molecule has 20 heavy (non-hydrogen) atoms. The number of nitro groups is 1. The van der Waals surface area contributed by atoms with Gasteiger partial charge in [0.15, 0.2) is 0 Å². The molecule has 0 radical (unpaired) electrons. The van der Waals surface area contributed by atoms with E-state index in [1.54, 1.807) is 24.3 Å². The molecule has 0 unspecified atom stereocenters. The van der Waals surface area contributed by atoms with Gasteiger partial charge in [0, 0.05) is 24.6 Å². The number of nitro benzene ring substituents is 1. The second-order valence-corrected chi connectivity index (χ2v) is 3.82. The van der Waals surface area contributed by atoms with Crippen LogP contribution in [0.2, 0.25) is 0 Å². The van der Waals surface area contributed by atoms with Gasteiger partial charge in [-0.25, -0.2) is 4.79 Å². The molecule has 0 fully saturated rings. The Hall–Kier alpha value is -2.96. The lowest BCUT2D eigenvalue weighted by Crippen LogP contribution is -1.90. The molecule has 7 heteroatoms. The van der Waals surface area contributed by atoms with Crippen molar-refractivity contribution in [2.45, 2.75) is 6.92 Å². The highest BCUT2D eigenvalue weighted by molar-refractivity contribution is 5.78. The summed E-state index contributed by atoms with van der Waals surface area (Å²) < 4.78 is 5.44. The summed E-state index contributed by atoms with van der Waals surface area (Å²) in [7, 11) is 0. The lowest BCUT2D eigenvalue weighted by atomic mass is 10.1. The summed E-state index contributed by atoms with van der Waals surface area (Å²) in [6.07, 6.45) is 1.26. The van der Waals surface area contributed by atoms with E-state index in [0.29, 0.717) is 17.1 Å². The van der Waals surface area contributed by atoms with Crippen LogP contribution in [0.1, 0.15) is 12.7 Å². The van der Waals surface area contributed by atoms with Crippen LogP contribution in [0.25, 0.3) is 11.3 Å². The van der Waals surface area contributed by atoms with Crippen LogP contribution in [0, 0.1) is 10.1 Å². The molecule has 0 saturated carbocycles. The van der Waals surface area contributed by atoms with Gasteiger partial charge in [-0.1, -0.05) is 5.16 Å². The Kier molecular flexibility index (Phi) is 3.90. The first kappa shape index (κ1) is 13.5. The maximum atomic E-state index is 10.5. The van der Waals surface area contributed by atoms with Crippen molar-refractivity contribution >= 4 is 17.9 Å². The number of oxime groups is 1. The highest BCUT2D eigenvalue weighted by Gasteiger charge is 2.07. The first-order chi connectivity index (χ1) is 9.56. The fourth-order valence-corrected chi connectivity index (χ4v) is 1.48. The number of hydrogen-bond acceptors (Lipinski definition) is 6. The van der Waals surface area contributed by atoms with Crippen molar-refractivity contribution in [1.29, 1.82) is 0 Å². The number of carbonyl (C=O) groups excluding carboxylic acids is 1. The zero-order valence-electron chi connectivity index (χ0n) is 10.5. The average molecular weight is 274 g/mol. The Morgan fingerprint density at radius 1 is 1.30 bits per heavy atom. The van der Waals surface area contributed by atoms with Gasteiger partial charge in [-0.15, -0.1) is 0 Å². The Labute approximate surface area is 113 Å². The number of nitrogens with zero attached hydrogens (tertiary/aromatic N) is 2. The van der Waals surface area contributed by atoms with Crippen molar-refractivity contribution in [1.82, 2.24) is 0 Å². The minimum absolute atomic E-state index is 0.0111. The van der Waals surface area contributed by atoms with Crippen molar-refractivity contribution in [3.05, 3.63) is 52.3 Å². The maximum absolute atomic E-state index is 10.5. The van der Waals surface area contributed by atoms with Crippen LogP contribution in [0.4, 0.5) is 5.69 Å². The smallest absolute Gasteiger partial charge is 0.331 e. The molecule has 0 amide bonds. The normalized spacial score (nSPS) is 10.7. The zero-order chi connectivity index (χ0) is 14.5. The van der Waals surface area contributed by atoms with Crippen LogP contribution >= 0.6 is 0 Å². The molecular weight excluding hydrogens is 264 g/mol. The van der Waals surface area contributed by atoms with E-state index in [1.165, 1.54) is 25.3 Å². The molecule has 0 aliphatic rings. The fourth-order valence-electron chi connectivity index (χ4n) is 1.48. The lowest BCUT2D eigenvalue weighted by molar-refractivity contribution is -0.384. The van der Waals surface area contributed by atoms with Crippen LogP contribution in [-0.4, -0.2) is 17.1 Å². The summed E-state index contributed by atoms with van der Waals surface area (Å²) in [5, 5.41) is 14.0. The molecule has 0 bridgehead atoms. The zero-order valence-corrected chi connectivity index (χ0v) is 10.5. The summed E-state index contributed by atoms with van der Waals surface area (Å²) in [4.78, 5) is 25.0. The number of carbonyl (C=O) groups is 1. The Bertz CT molecular complexity index is 658. The third-order valence-electron chi connectivity index (χ3n) is 2.35. The molecule has 0 saturated heterocycles. The fraction of sp³-hybridized carbons (Fsp3) is 0.0769. The van der Waals surface area contributed by atoms with Gasteiger partial charge >= 0.3 is 5.97 Å². The van der Waals surface area contributed by atoms with Crippen molar-refractivity contribution in [2.24, 2.45) is 5.16 Å².